The highest BCUT2D eigenvalue weighted by atomic mass is 19.1. The molecule has 1 aliphatic rings. The molecule has 1 aromatic rings. The molecular formula is C14H20FNO. The van der Waals surface area contributed by atoms with Crippen molar-refractivity contribution in [1.29, 1.82) is 0 Å². The second-order valence-electron chi connectivity index (χ2n) is 4.65. The van der Waals surface area contributed by atoms with Gasteiger partial charge >= 0.3 is 0 Å². The van der Waals surface area contributed by atoms with E-state index in [1.54, 1.807) is 0 Å². The van der Waals surface area contributed by atoms with Crippen LogP contribution < -0.4 is 5.32 Å². The highest BCUT2D eigenvalue weighted by Crippen LogP contribution is 2.16. The Morgan fingerprint density at radius 1 is 1.41 bits per heavy atom. The summed E-state index contributed by atoms with van der Waals surface area (Å²) in [5, 5.41) is 3.44. The normalized spacial score (nSPS) is 21.6. The monoisotopic (exact) mass is 237 g/mol. The van der Waals surface area contributed by atoms with Gasteiger partial charge in [0.25, 0.3) is 0 Å². The van der Waals surface area contributed by atoms with E-state index >= 15 is 0 Å². The highest BCUT2D eigenvalue weighted by molar-refractivity contribution is 5.19. The number of ether oxygens (including phenoxy) is 1. The summed E-state index contributed by atoms with van der Waals surface area (Å²) in [7, 11) is 0. The maximum Gasteiger partial charge on any atom is 0.123 e. The van der Waals surface area contributed by atoms with Crippen LogP contribution in [0.4, 0.5) is 4.39 Å². The zero-order chi connectivity index (χ0) is 12.1. The van der Waals surface area contributed by atoms with Gasteiger partial charge in [-0.2, -0.15) is 0 Å². The van der Waals surface area contributed by atoms with Gasteiger partial charge in [0, 0.05) is 12.6 Å². The molecule has 3 heteroatoms. The van der Waals surface area contributed by atoms with Crippen molar-refractivity contribution < 1.29 is 9.13 Å². The van der Waals surface area contributed by atoms with Gasteiger partial charge < -0.3 is 10.1 Å². The van der Waals surface area contributed by atoms with Gasteiger partial charge in [-0.3, -0.25) is 0 Å². The maximum absolute atomic E-state index is 12.8. The van der Waals surface area contributed by atoms with Crippen molar-refractivity contribution in [3.63, 3.8) is 0 Å². The molecule has 0 amide bonds. The number of nitrogens with one attached hydrogen (secondary N) is 1. The van der Waals surface area contributed by atoms with Gasteiger partial charge in [0.2, 0.25) is 0 Å². The molecule has 0 bridgehead atoms. The first-order valence-corrected chi connectivity index (χ1v) is 6.36. The zero-order valence-electron chi connectivity index (χ0n) is 10.3. The van der Waals surface area contributed by atoms with Gasteiger partial charge in [0.15, 0.2) is 0 Å². The van der Waals surface area contributed by atoms with E-state index in [0.29, 0.717) is 6.10 Å². The fourth-order valence-electron chi connectivity index (χ4n) is 2.20. The first-order valence-electron chi connectivity index (χ1n) is 6.36. The van der Waals surface area contributed by atoms with Gasteiger partial charge in [0.1, 0.15) is 5.82 Å². The summed E-state index contributed by atoms with van der Waals surface area (Å²) in [6.45, 7) is 3.96. The quantitative estimate of drug-likeness (QED) is 0.850. The van der Waals surface area contributed by atoms with Crippen LogP contribution in [0.5, 0.6) is 0 Å². The summed E-state index contributed by atoms with van der Waals surface area (Å²) in [4.78, 5) is 0. The molecule has 1 unspecified atom stereocenters. The molecule has 1 fully saturated rings. The van der Waals surface area contributed by atoms with E-state index in [4.69, 9.17) is 4.74 Å². The lowest BCUT2D eigenvalue weighted by atomic mass is 10.1. The average Bonchev–Trinajstić information content (AvgIpc) is 2.83. The Kier molecular flexibility index (Phi) is 4.51. The molecule has 2 atom stereocenters. The molecule has 1 heterocycles. The van der Waals surface area contributed by atoms with E-state index < -0.39 is 0 Å². The molecule has 0 spiro atoms. The molecule has 94 valence electrons. The number of hydrogen-bond acceptors (Lipinski definition) is 2. The van der Waals surface area contributed by atoms with Gasteiger partial charge in [0.05, 0.1) is 6.10 Å². The van der Waals surface area contributed by atoms with Crippen LogP contribution in [0.3, 0.4) is 0 Å². The van der Waals surface area contributed by atoms with Crippen LogP contribution in [0.25, 0.3) is 0 Å². The largest absolute Gasteiger partial charge is 0.378 e. The summed E-state index contributed by atoms with van der Waals surface area (Å²) in [5.41, 5.74) is 1.12. The SMILES string of the molecule is C[C@@H](NCCC1CCCO1)c1ccc(F)cc1. The molecule has 0 aliphatic carbocycles. The molecule has 1 N–H and O–H groups in total. The lowest BCUT2D eigenvalue weighted by Gasteiger charge is -2.16. The van der Waals surface area contributed by atoms with E-state index in [2.05, 4.69) is 12.2 Å². The maximum atomic E-state index is 12.8. The third kappa shape index (κ3) is 3.79. The second kappa shape index (κ2) is 6.12. The third-order valence-electron chi connectivity index (χ3n) is 3.31. The van der Waals surface area contributed by atoms with Crippen LogP contribution in [0.15, 0.2) is 24.3 Å². The Bertz CT molecular complexity index is 333. The van der Waals surface area contributed by atoms with Crippen LogP contribution in [0.1, 0.15) is 37.8 Å². The second-order valence-corrected chi connectivity index (χ2v) is 4.65. The van der Waals surface area contributed by atoms with Crippen LogP contribution in [0, 0.1) is 5.82 Å². The van der Waals surface area contributed by atoms with Crippen LogP contribution in [-0.2, 0) is 4.74 Å². The van der Waals surface area contributed by atoms with Gasteiger partial charge in [-0.1, -0.05) is 12.1 Å². The van der Waals surface area contributed by atoms with E-state index in [-0.39, 0.29) is 11.9 Å². The van der Waals surface area contributed by atoms with E-state index in [1.165, 1.54) is 25.0 Å². The summed E-state index contributed by atoms with van der Waals surface area (Å²) >= 11 is 0. The molecule has 2 rings (SSSR count). The van der Waals surface area contributed by atoms with Crippen molar-refractivity contribution in [2.75, 3.05) is 13.2 Å². The van der Waals surface area contributed by atoms with Crippen LogP contribution in [0.2, 0.25) is 0 Å². The topological polar surface area (TPSA) is 21.3 Å². The van der Waals surface area contributed by atoms with Crippen molar-refractivity contribution in [2.24, 2.45) is 0 Å². The summed E-state index contributed by atoms with van der Waals surface area (Å²) < 4.78 is 18.3. The molecule has 17 heavy (non-hydrogen) atoms. The molecular weight excluding hydrogens is 217 g/mol. The van der Waals surface area contributed by atoms with Crippen molar-refractivity contribution >= 4 is 0 Å². The van der Waals surface area contributed by atoms with Crippen LogP contribution in [-0.4, -0.2) is 19.3 Å². The van der Waals surface area contributed by atoms with E-state index in [9.17, 15) is 4.39 Å². The number of hydrogen-bond donors (Lipinski definition) is 1. The average molecular weight is 237 g/mol. The van der Waals surface area contributed by atoms with E-state index in [1.807, 2.05) is 12.1 Å². The fourth-order valence-corrected chi connectivity index (χ4v) is 2.20. The first kappa shape index (κ1) is 12.5. The first-order chi connectivity index (χ1) is 8.25. The number of halogens is 1. The molecule has 0 aromatic heterocycles. The summed E-state index contributed by atoms with van der Waals surface area (Å²) in [6.07, 6.45) is 3.87. The smallest absolute Gasteiger partial charge is 0.123 e. The van der Waals surface area contributed by atoms with Gasteiger partial charge in [-0.25, -0.2) is 4.39 Å². The Morgan fingerprint density at radius 2 is 2.18 bits per heavy atom. The van der Waals surface area contributed by atoms with Crippen molar-refractivity contribution in [3.05, 3.63) is 35.6 Å². The van der Waals surface area contributed by atoms with Gasteiger partial charge in [-0.05, 0) is 50.4 Å². The van der Waals surface area contributed by atoms with Gasteiger partial charge in [-0.15, -0.1) is 0 Å². The Labute approximate surface area is 102 Å². The predicted octanol–water partition coefficient (Wildman–Crippen LogP) is 3.05. The minimum atomic E-state index is -0.180. The molecule has 2 nitrogen and oxygen atoms in total. The highest BCUT2D eigenvalue weighted by Gasteiger charge is 2.15. The number of benzene rings is 1. The molecule has 1 aliphatic heterocycles. The van der Waals surface area contributed by atoms with Crippen LogP contribution >= 0.6 is 0 Å². The Hall–Kier alpha value is -0.930. The van der Waals surface area contributed by atoms with E-state index in [0.717, 1.165) is 25.1 Å². The van der Waals surface area contributed by atoms with Crippen molar-refractivity contribution in [2.45, 2.75) is 38.3 Å². The molecule has 1 aromatic carbocycles. The third-order valence-corrected chi connectivity index (χ3v) is 3.31. The Balaban J connectivity index is 1.72. The summed E-state index contributed by atoms with van der Waals surface area (Å²) in [5.74, 6) is -0.180. The molecule has 1 saturated heterocycles. The Morgan fingerprint density at radius 3 is 2.82 bits per heavy atom. The lowest BCUT2D eigenvalue weighted by Crippen LogP contribution is -2.23. The predicted molar refractivity (Wildman–Crippen MR) is 66.4 cm³/mol. The van der Waals surface area contributed by atoms with Crippen molar-refractivity contribution in [3.8, 4) is 0 Å². The standard InChI is InChI=1S/C14H20FNO/c1-11(12-4-6-13(15)7-5-12)16-9-8-14-3-2-10-17-14/h4-7,11,14,16H,2-3,8-10H2,1H3/t11-,14?/m1/s1. The minimum Gasteiger partial charge on any atom is -0.378 e. The fraction of sp³-hybridized carbons (Fsp3) is 0.571. The van der Waals surface area contributed by atoms with Crippen molar-refractivity contribution in [1.82, 2.24) is 5.32 Å². The molecule has 0 radical (unpaired) electrons. The lowest BCUT2D eigenvalue weighted by molar-refractivity contribution is 0.103. The minimum absolute atomic E-state index is 0.180. The summed E-state index contributed by atoms with van der Waals surface area (Å²) in [6, 6.07) is 6.94. The number of rotatable bonds is 5. The molecule has 0 saturated carbocycles. The zero-order valence-corrected chi connectivity index (χ0v) is 10.3.